The first kappa shape index (κ1) is 39.3. The average molecular weight is 802 g/mol. The summed E-state index contributed by atoms with van der Waals surface area (Å²) in [6.07, 6.45) is 2.70. The van der Waals surface area contributed by atoms with Crippen LogP contribution < -0.4 is 21.1 Å². The number of benzene rings is 2. The maximum atomic E-state index is 13.3. The number of para-hydroxylation sites is 1. The summed E-state index contributed by atoms with van der Waals surface area (Å²) in [4.78, 5) is 59.1. The molecule has 1 unspecified atom stereocenters. The molecule has 306 valence electrons. The number of carbonyl (C=O) groups excluding carboxylic acids is 3. The minimum atomic E-state index is -4.67. The second-order valence-electron chi connectivity index (χ2n) is 15.6. The molecule has 3 aromatic heterocycles. The lowest BCUT2D eigenvalue weighted by atomic mass is 9.85. The van der Waals surface area contributed by atoms with Crippen LogP contribution in [0.3, 0.4) is 0 Å². The number of imidazole rings is 1. The molecule has 0 radical (unpaired) electrons. The van der Waals surface area contributed by atoms with E-state index in [0.717, 1.165) is 100.0 Å². The van der Waals surface area contributed by atoms with E-state index >= 15 is 0 Å². The van der Waals surface area contributed by atoms with Gasteiger partial charge in [-0.05, 0) is 74.3 Å². The van der Waals surface area contributed by atoms with Crippen molar-refractivity contribution in [1.29, 1.82) is 0 Å². The normalized spacial score (nSPS) is 21.1. The van der Waals surface area contributed by atoms with Gasteiger partial charge in [-0.2, -0.15) is 18.3 Å². The number of amides is 3. The molecule has 5 aromatic rings. The molecule has 58 heavy (non-hydrogen) atoms. The monoisotopic (exact) mass is 801 g/mol. The fraction of sp³-hybridized carbons (Fsp3) is 0.463. The van der Waals surface area contributed by atoms with Gasteiger partial charge in [0.2, 0.25) is 11.8 Å². The average Bonchev–Trinajstić information content (AvgIpc) is 3.74. The highest BCUT2D eigenvalue weighted by Crippen LogP contribution is 2.36. The molecule has 3 fully saturated rings. The summed E-state index contributed by atoms with van der Waals surface area (Å²) in [6.45, 7) is 5.82. The zero-order chi connectivity index (χ0) is 40.7. The Morgan fingerprint density at radius 2 is 1.71 bits per heavy atom. The highest BCUT2D eigenvalue weighted by atomic mass is 19.4. The van der Waals surface area contributed by atoms with Gasteiger partial charge in [-0.3, -0.25) is 33.5 Å². The summed E-state index contributed by atoms with van der Waals surface area (Å²) in [5, 5.41) is 10.6. The lowest BCUT2D eigenvalue weighted by Gasteiger charge is -2.38. The first-order valence-electron chi connectivity index (χ1n) is 19.8. The number of aryl methyl sites for hydroxylation is 1. The molecule has 3 amide bonds. The number of pyridine rings is 1. The van der Waals surface area contributed by atoms with Crippen molar-refractivity contribution in [2.45, 2.75) is 63.2 Å². The topological polar surface area (TPSA) is 149 Å². The quantitative estimate of drug-likeness (QED) is 0.188. The Morgan fingerprint density at radius 1 is 0.966 bits per heavy atom. The summed E-state index contributed by atoms with van der Waals surface area (Å²) in [5.41, 5.74) is 1.86. The summed E-state index contributed by atoms with van der Waals surface area (Å²) in [7, 11) is 3.20. The molecule has 17 heteroatoms. The molecule has 2 saturated heterocycles. The lowest BCUT2D eigenvalue weighted by Crippen LogP contribution is -2.48. The lowest BCUT2D eigenvalue weighted by molar-refractivity contribution is -0.141. The minimum absolute atomic E-state index is 0.206. The molecule has 5 heterocycles. The molecule has 1 saturated carbocycles. The van der Waals surface area contributed by atoms with Gasteiger partial charge in [-0.1, -0.05) is 18.2 Å². The number of nitrogens with one attached hydrogen (secondary N) is 2. The van der Waals surface area contributed by atoms with Crippen molar-refractivity contribution < 1.29 is 32.3 Å². The minimum Gasteiger partial charge on any atom is -0.494 e. The number of piperidine rings is 1. The maximum absolute atomic E-state index is 13.3. The number of hydrogen-bond acceptors (Lipinski definition) is 9. The molecular formula is C41H46F3N9O5. The molecule has 1 aliphatic carbocycles. The fourth-order valence-corrected chi connectivity index (χ4v) is 8.81. The van der Waals surface area contributed by atoms with Gasteiger partial charge in [0.25, 0.3) is 5.91 Å². The van der Waals surface area contributed by atoms with E-state index in [1.807, 2.05) is 23.0 Å². The molecule has 2 aliphatic heterocycles. The van der Waals surface area contributed by atoms with E-state index in [1.165, 1.54) is 17.7 Å². The van der Waals surface area contributed by atoms with Gasteiger partial charge in [0.15, 0.2) is 0 Å². The van der Waals surface area contributed by atoms with Crippen molar-refractivity contribution in [3.8, 4) is 5.75 Å². The second kappa shape index (κ2) is 16.0. The van der Waals surface area contributed by atoms with Crippen LogP contribution in [-0.2, 0) is 29.2 Å². The number of halogens is 3. The summed E-state index contributed by atoms with van der Waals surface area (Å²) in [6, 6.07) is 12.0. The van der Waals surface area contributed by atoms with Crippen LogP contribution in [0.5, 0.6) is 5.75 Å². The summed E-state index contributed by atoms with van der Waals surface area (Å²) < 4.78 is 50.2. The van der Waals surface area contributed by atoms with Crippen LogP contribution in [0.1, 0.15) is 72.4 Å². The van der Waals surface area contributed by atoms with E-state index in [2.05, 4.69) is 31.5 Å². The zero-order valence-electron chi connectivity index (χ0n) is 32.4. The van der Waals surface area contributed by atoms with Crippen LogP contribution in [0, 0.1) is 5.92 Å². The Bertz CT molecular complexity index is 2420. The maximum Gasteiger partial charge on any atom is 0.433 e. The molecule has 0 bridgehead atoms. The van der Waals surface area contributed by atoms with E-state index in [9.17, 15) is 32.3 Å². The number of methoxy groups -OCH3 is 1. The number of fused-ring (bicyclic) bond motifs is 2. The van der Waals surface area contributed by atoms with Gasteiger partial charge >= 0.3 is 11.9 Å². The predicted molar refractivity (Wildman–Crippen MR) is 210 cm³/mol. The van der Waals surface area contributed by atoms with Gasteiger partial charge in [0.1, 0.15) is 23.2 Å². The van der Waals surface area contributed by atoms with E-state index < -0.39 is 29.7 Å². The van der Waals surface area contributed by atoms with Gasteiger partial charge in [0, 0.05) is 70.4 Å². The van der Waals surface area contributed by atoms with E-state index in [4.69, 9.17) is 9.84 Å². The Labute approximate surface area is 331 Å². The number of rotatable bonds is 10. The molecule has 1 atom stereocenters. The predicted octanol–water partition coefficient (Wildman–Crippen LogP) is 4.93. The van der Waals surface area contributed by atoms with Gasteiger partial charge in [0.05, 0.1) is 35.4 Å². The fourth-order valence-electron chi connectivity index (χ4n) is 8.81. The van der Waals surface area contributed by atoms with Crippen molar-refractivity contribution in [2.75, 3.05) is 51.7 Å². The molecule has 2 N–H and O–H groups in total. The van der Waals surface area contributed by atoms with Gasteiger partial charge in [-0.15, -0.1) is 0 Å². The van der Waals surface area contributed by atoms with Crippen molar-refractivity contribution in [3.63, 3.8) is 0 Å². The van der Waals surface area contributed by atoms with Crippen molar-refractivity contribution in [1.82, 2.24) is 39.0 Å². The first-order valence-corrected chi connectivity index (χ1v) is 19.8. The van der Waals surface area contributed by atoms with Crippen LogP contribution in [0.15, 0.2) is 59.5 Å². The standard InChI is InChI=1S/C41H46F3N9O5/c1-49-37-26(5-3-7-32(37)53(40(49)57)33-13-14-36(54)47-39(33)56)15-16-50-17-19-51(20-18-50)23-25-9-11-28(12-10-25)52-24-27-21-31(34(58-2)22-30(27)48-52)46-38(55)29-6-4-8-35(45-29)41(42,43)44/h3-8,21-22,24-25,28,33H,9-20,23H2,1-2H3,(H,46,55)(H,47,54,56). The largest absolute Gasteiger partial charge is 0.494 e. The van der Waals surface area contributed by atoms with Crippen molar-refractivity contribution in [3.05, 3.63) is 82.2 Å². The third-order valence-corrected chi connectivity index (χ3v) is 11.9. The number of imide groups is 1. The van der Waals surface area contributed by atoms with Crippen LogP contribution in [0.2, 0.25) is 0 Å². The number of hydrogen-bond donors (Lipinski definition) is 2. The third kappa shape index (κ3) is 7.97. The smallest absolute Gasteiger partial charge is 0.433 e. The van der Waals surface area contributed by atoms with Crippen LogP contribution >= 0.6 is 0 Å². The molecule has 3 aliphatic rings. The Morgan fingerprint density at radius 3 is 2.43 bits per heavy atom. The Kier molecular flexibility index (Phi) is 10.8. The van der Waals surface area contributed by atoms with Gasteiger partial charge < -0.3 is 19.9 Å². The van der Waals surface area contributed by atoms with E-state index in [-0.39, 0.29) is 29.8 Å². The Hall–Kier alpha value is -5.55. The number of nitrogens with zero attached hydrogens (tertiary/aromatic N) is 7. The Balaban J connectivity index is 0.828. The SMILES string of the molecule is COc1cc2nn(C3CCC(CN4CCN(CCc5cccc6c5n(C)c(=O)n6C5CCC(=O)NC5=O)CC4)CC3)cc2cc1NC(=O)c1cccc(C(F)(F)F)n1. The number of alkyl halides is 3. The molecule has 8 rings (SSSR count). The number of anilines is 1. The molecular weight excluding hydrogens is 756 g/mol. The highest BCUT2D eigenvalue weighted by Gasteiger charge is 2.34. The number of piperazine rings is 1. The van der Waals surface area contributed by atoms with Gasteiger partial charge in [-0.25, -0.2) is 9.78 Å². The zero-order valence-corrected chi connectivity index (χ0v) is 32.4. The summed E-state index contributed by atoms with van der Waals surface area (Å²) >= 11 is 0. The van der Waals surface area contributed by atoms with Crippen LogP contribution in [-0.4, -0.2) is 97.8 Å². The van der Waals surface area contributed by atoms with Crippen molar-refractivity contribution in [2.24, 2.45) is 13.0 Å². The third-order valence-electron chi connectivity index (χ3n) is 11.9. The molecule has 14 nitrogen and oxygen atoms in total. The van der Waals surface area contributed by atoms with Crippen LogP contribution in [0.25, 0.3) is 21.9 Å². The number of ether oxygens (including phenoxy) is 1. The molecule has 2 aromatic carbocycles. The second-order valence-corrected chi connectivity index (χ2v) is 15.6. The highest BCUT2D eigenvalue weighted by molar-refractivity contribution is 6.05. The first-order chi connectivity index (χ1) is 27.9. The van der Waals surface area contributed by atoms with Crippen molar-refractivity contribution >= 4 is 45.3 Å². The van der Waals surface area contributed by atoms with Crippen LogP contribution in [0.4, 0.5) is 18.9 Å². The van der Waals surface area contributed by atoms with E-state index in [1.54, 1.807) is 23.7 Å². The summed E-state index contributed by atoms with van der Waals surface area (Å²) in [5.74, 6) is -0.590. The van der Waals surface area contributed by atoms with E-state index in [0.29, 0.717) is 34.8 Å². The number of aromatic nitrogens is 5. The number of carbonyl (C=O) groups is 3. The molecule has 0 spiro atoms.